The number of nitrogens with two attached hydrogens (primary N) is 1. The molecule has 1 amide bonds. The molecule has 0 spiro atoms. The Morgan fingerprint density at radius 2 is 2.10 bits per heavy atom. The van der Waals surface area contributed by atoms with Gasteiger partial charge in [0.25, 0.3) is 5.91 Å². The summed E-state index contributed by atoms with van der Waals surface area (Å²) in [5.41, 5.74) is 8.15. The fraction of sp³-hybridized carbons (Fsp3) is 0.0667. The van der Waals surface area contributed by atoms with Crippen LogP contribution in [-0.2, 0) is 0 Å². The summed E-state index contributed by atoms with van der Waals surface area (Å²) in [5, 5.41) is 3.84. The first-order valence-corrected chi connectivity index (χ1v) is 6.95. The Kier molecular flexibility index (Phi) is 3.12. The number of pyridine rings is 1. The molecule has 0 bridgehead atoms. The van der Waals surface area contributed by atoms with E-state index in [1.165, 1.54) is 11.3 Å². The highest BCUT2D eigenvalue weighted by Crippen LogP contribution is 2.27. The predicted octanol–water partition coefficient (Wildman–Crippen LogP) is 3.44. The SMILES string of the molecule is Cc1cncc(NC(=O)c2cc3cc(N)ccc3s2)c1. The van der Waals surface area contributed by atoms with Gasteiger partial charge in [-0.1, -0.05) is 0 Å². The summed E-state index contributed by atoms with van der Waals surface area (Å²) >= 11 is 1.45. The largest absolute Gasteiger partial charge is 0.399 e. The van der Waals surface area contributed by atoms with E-state index in [2.05, 4.69) is 10.3 Å². The van der Waals surface area contributed by atoms with E-state index in [4.69, 9.17) is 5.73 Å². The molecule has 5 heteroatoms. The molecule has 20 heavy (non-hydrogen) atoms. The average Bonchev–Trinajstić information content (AvgIpc) is 2.81. The third-order valence-corrected chi connectivity index (χ3v) is 4.01. The van der Waals surface area contributed by atoms with Gasteiger partial charge in [-0.15, -0.1) is 11.3 Å². The van der Waals surface area contributed by atoms with Crippen molar-refractivity contribution in [2.75, 3.05) is 11.1 Å². The molecule has 3 rings (SSSR count). The minimum absolute atomic E-state index is 0.128. The van der Waals surface area contributed by atoms with Gasteiger partial charge in [-0.3, -0.25) is 9.78 Å². The Hall–Kier alpha value is -2.40. The van der Waals surface area contributed by atoms with E-state index < -0.39 is 0 Å². The summed E-state index contributed by atoms with van der Waals surface area (Å²) in [6.07, 6.45) is 3.38. The molecule has 100 valence electrons. The molecule has 0 fully saturated rings. The Morgan fingerprint density at radius 1 is 1.25 bits per heavy atom. The van der Waals surface area contributed by atoms with E-state index in [1.54, 1.807) is 12.4 Å². The molecular formula is C15H13N3OS. The number of hydrogen-bond donors (Lipinski definition) is 2. The van der Waals surface area contributed by atoms with Crippen molar-refractivity contribution in [3.05, 3.63) is 53.2 Å². The molecule has 3 aromatic rings. The first-order chi connectivity index (χ1) is 9.61. The van der Waals surface area contributed by atoms with Gasteiger partial charge in [0.2, 0.25) is 0 Å². The van der Waals surface area contributed by atoms with Crippen LogP contribution in [0.2, 0.25) is 0 Å². The number of thiophene rings is 1. The second kappa shape index (κ2) is 4.94. The molecule has 0 radical (unpaired) electrons. The van der Waals surface area contributed by atoms with Crippen LogP contribution in [0.15, 0.2) is 42.7 Å². The first kappa shape index (κ1) is 12.6. The van der Waals surface area contributed by atoms with Gasteiger partial charge in [-0.25, -0.2) is 0 Å². The third-order valence-electron chi connectivity index (χ3n) is 2.90. The summed E-state index contributed by atoms with van der Waals surface area (Å²) in [6, 6.07) is 9.38. The summed E-state index contributed by atoms with van der Waals surface area (Å²) in [5.74, 6) is -0.128. The van der Waals surface area contributed by atoms with Gasteiger partial charge < -0.3 is 11.1 Å². The number of nitrogen functional groups attached to an aromatic ring is 1. The number of aromatic nitrogens is 1. The lowest BCUT2D eigenvalue weighted by Crippen LogP contribution is -2.10. The third kappa shape index (κ3) is 2.48. The Morgan fingerprint density at radius 3 is 2.90 bits per heavy atom. The Balaban J connectivity index is 1.88. The van der Waals surface area contributed by atoms with Crippen LogP contribution in [0.25, 0.3) is 10.1 Å². The lowest BCUT2D eigenvalue weighted by Gasteiger charge is -2.03. The van der Waals surface area contributed by atoms with Gasteiger partial charge >= 0.3 is 0 Å². The quantitative estimate of drug-likeness (QED) is 0.708. The van der Waals surface area contributed by atoms with Crippen LogP contribution in [0.3, 0.4) is 0 Å². The minimum atomic E-state index is -0.128. The second-order valence-corrected chi connectivity index (χ2v) is 5.70. The van der Waals surface area contributed by atoms with E-state index in [1.807, 2.05) is 37.3 Å². The fourth-order valence-corrected chi connectivity index (χ4v) is 2.93. The highest BCUT2D eigenvalue weighted by atomic mass is 32.1. The average molecular weight is 283 g/mol. The standard InChI is InChI=1S/C15H13N3OS/c1-9-4-12(8-17-7-9)18-15(19)14-6-10-5-11(16)2-3-13(10)20-14/h2-8H,16H2,1H3,(H,18,19). The van der Waals surface area contributed by atoms with Crippen molar-refractivity contribution in [1.82, 2.24) is 4.98 Å². The summed E-state index contributed by atoms with van der Waals surface area (Å²) in [6.45, 7) is 1.94. The normalized spacial score (nSPS) is 10.7. The first-order valence-electron chi connectivity index (χ1n) is 6.14. The van der Waals surface area contributed by atoms with Crippen LogP contribution in [0, 0.1) is 6.92 Å². The molecule has 0 aliphatic heterocycles. The van der Waals surface area contributed by atoms with Gasteiger partial charge in [-0.2, -0.15) is 0 Å². The molecule has 2 aromatic heterocycles. The van der Waals surface area contributed by atoms with Crippen molar-refractivity contribution in [1.29, 1.82) is 0 Å². The number of benzene rings is 1. The Bertz CT molecular complexity index is 795. The van der Waals surface area contributed by atoms with E-state index in [-0.39, 0.29) is 5.91 Å². The number of hydrogen-bond acceptors (Lipinski definition) is 4. The highest BCUT2D eigenvalue weighted by molar-refractivity contribution is 7.20. The van der Waals surface area contributed by atoms with Gasteiger partial charge in [0.05, 0.1) is 16.8 Å². The van der Waals surface area contributed by atoms with Crippen molar-refractivity contribution in [2.45, 2.75) is 6.92 Å². The maximum absolute atomic E-state index is 12.2. The van der Waals surface area contributed by atoms with Crippen LogP contribution in [0.4, 0.5) is 11.4 Å². The zero-order valence-electron chi connectivity index (χ0n) is 10.9. The number of carbonyl (C=O) groups is 1. The van der Waals surface area contributed by atoms with E-state index in [0.717, 1.165) is 15.6 Å². The molecule has 1 aromatic carbocycles. The monoisotopic (exact) mass is 283 g/mol. The van der Waals surface area contributed by atoms with Crippen molar-refractivity contribution >= 4 is 38.7 Å². The Labute approximate surface area is 120 Å². The van der Waals surface area contributed by atoms with Crippen LogP contribution >= 0.6 is 11.3 Å². The smallest absolute Gasteiger partial charge is 0.265 e. The molecule has 0 saturated heterocycles. The number of amides is 1. The van der Waals surface area contributed by atoms with E-state index >= 15 is 0 Å². The van der Waals surface area contributed by atoms with Gasteiger partial charge in [-0.05, 0) is 48.2 Å². The fourth-order valence-electron chi connectivity index (χ4n) is 1.99. The van der Waals surface area contributed by atoms with Gasteiger partial charge in [0.15, 0.2) is 0 Å². The summed E-state index contributed by atoms with van der Waals surface area (Å²) in [7, 11) is 0. The lowest BCUT2D eigenvalue weighted by atomic mass is 10.2. The second-order valence-electron chi connectivity index (χ2n) is 4.61. The van der Waals surface area contributed by atoms with Crippen molar-refractivity contribution < 1.29 is 4.79 Å². The molecule has 0 saturated carbocycles. The van der Waals surface area contributed by atoms with E-state index in [9.17, 15) is 4.79 Å². The highest BCUT2D eigenvalue weighted by Gasteiger charge is 2.11. The minimum Gasteiger partial charge on any atom is -0.399 e. The number of fused-ring (bicyclic) bond motifs is 1. The molecule has 0 aliphatic carbocycles. The number of anilines is 2. The van der Waals surface area contributed by atoms with E-state index in [0.29, 0.717) is 16.3 Å². The number of nitrogens with zero attached hydrogens (tertiary/aromatic N) is 1. The number of carbonyl (C=O) groups excluding carboxylic acids is 1. The maximum atomic E-state index is 12.2. The molecule has 0 unspecified atom stereocenters. The van der Waals surface area contributed by atoms with Gasteiger partial charge in [0, 0.05) is 16.6 Å². The molecule has 2 heterocycles. The van der Waals surface area contributed by atoms with Crippen molar-refractivity contribution in [2.24, 2.45) is 0 Å². The van der Waals surface area contributed by atoms with Crippen LogP contribution in [0.5, 0.6) is 0 Å². The topological polar surface area (TPSA) is 68.0 Å². The zero-order valence-corrected chi connectivity index (χ0v) is 11.7. The van der Waals surface area contributed by atoms with Crippen LogP contribution in [0.1, 0.15) is 15.2 Å². The summed E-state index contributed by atoms with van der Waals surface area (Å²) < 4.78 is 1.05. The zero-order chi connectivity index (χ0) is 14.1. The van der Waals surface area contributed by atoms with Crippen molar-refractivity contribution in [3.63, 3.8) is 0 Å². The predicted molar refractivity (Wildman–Crippen MR) is 83.2 cm³/mol. The lowest BCUT2D eigenvalue weighted by molar-refractivity contribution is 0.103. The summed E-state index contributed by atoms with van der Waals surface area (Å²) in [4.78, 5) is 16.9. The van der Waals surface area contributed by atoms with Crippen molar-refractivity contribution in [3.8, 4) is 0 Å². The van der Waals surface area contributed by atoms with Crippen LogP contribution < -0.4 is 11.1 Å². The number of rotatable bonds is 2. The van der Waals surface area contributed by atoms with Gasteiger partial charge in [0.1, 0.15) is 0 Å². The molecule has 0 atom stereocenters. The molecule has 0 aliphatic rings. The molecule has 4 nitrogen and oxygen atoms in total. The molecule has 3 N–H and O–H groups in total. The molecular weight excluding hydrogens is 270 g/mol. The number of nitrogens with one attached hydrogen (secondary N) is 1. The number of aryl methyl sites for hydroxylation is 1. The van der Waals surface area contributed by atoms with Crippen LogP contribution in [-0.4, -0.2) is 10.9 Å². The maximum Gasteiger partial charge on any atom is 0.265 e.